The van der Waals surface area contributed by atoms with E-state index in [1.807, 2.05) is 0 Å². The Morgan fingerprint density at radius 1 is 1.50 bits per heavy atom. The van der Waals surface area contributed by atoms with Crippen molar-refractivity contribution in [2.45, 2.75) is 24.7 Å². The van der Waals surface area contributed by atoms with Gasteiger partial charge in [0.2, 0.25) is 0 Å². The average molecular weight is 80.9 g/mol. The van der Waals surface area contributed by atoms with E-state index in [4.69, 9.17) is 13.6 Å². The second-order valence-electron chi connectivity index (χ2n) is 1.91. The van der Waals surface area contributed by atoms with Crippen molar-refractivity contribution >= 4 is 7.85 Å². The number of hydrogen-bond acceptors (Lipinski definition) is 1. The second-order valence-corrected chi connectivity index (χ2v) is 1.91. The topological polar surface area (TPSA) is 26.0 Å². The zero-order valence-corrected chi connectivity index (χ0v) is 3.72. The third-order valence-electron chi connectivity index (χ3n) is 1.38. The lowest BCUT2D eigenvalue weighted by Crippen LogP contribution is -2.34. The smallest absolute Gasteiger partial charge is 0.0720 e. The van der Waals surface area contributed by atoms with Gasteiger partial charge >= 0.3 is 0 Å². The Hall–Kier alpha value is 0.0249. The summed E-state index contributed by atoms with van der Waals surface area (Å²) in [7, 11) is 5.40. The fourth-order valence-corrected chi connectivity index (χ4v) is 0.552. The Morgan fingerprint density at radius 3 is 2.00 bits per heavy atom. The normalized spacial score (nSPS) is 44.8. The van der Waals surface area contributed by atoms with Crippen LogP contribution in [0.4, 0.5) is 0 Å². The van der Waals surface area contributed by atoms with Crippen molar-refractivity contribution in [3.05, 3.63) is 0 Å². The second kappa shape index (κ2) is 1.26. The minimum absolute atomic E-state index is 0.310. The number of hydrogen-bond donors (Lipinski definition) is 1. The summed E-state index contributed by atoms with van der Waals surface area (Å²) in [5.74, 6) is 0.310. The molecule has 1 aliphatic carbocycles. The van der Waals surface area contributed by atoms with Crippen LogP contribution in [0.5, 0.6) is 0 Å². The molecular formula is C4H8BN. The van der Waals surface area contributed by atoms with Crippen molar-refractivity contribution in [1.82, 2.24) is 0 Å². The molecule has 1 rings (SSSR count). The van der Waals surface area contributed by atoms with Crippen molar-refractivity contribution < 1.29 is 0 Å². The third kappa shape index (κ3) is 0.452. The van der Waals surface area contributed by atoms with Gasteiger partial charge < -0.3 is 5.73 Å². The monoisotopic (exact) mass is 81.1 g/mol. The molecule has 0 aromatic heterocycles. The van der Waals surface area contributed by atoms with E-state index in [9.17, 15) is 0 Å². The van der Waals surface area contributed by atoms with Crippen molar-refractivity contribution in [2.75, 3.05) is 0 Å². The first-order chi connectivity index (χ1) is 2.80. The van der Waals surface area contributed by atoms with Crippen LogP contribution in [-0.2, 0) is 0 Å². The Kier molecular flexibility index (Phi) is 0.883. The van der Waals surface area contributed by atoms with Crippen LogP contribution in [-0.4, -0.2) is 13.9 Å². The van der Waals surface area contributed by atoms with Gasteiger partial charge in [0, 0.05) is 0 Å². The molecule has 32 valence electrons. The highest BCUT2D eigenvalue weighted by Crippen LogP contribution is 2.27. The Bertz CT molecular complexity index is 47.5. The predicted octanol–water partition coefficient (Wildman–Crippen LogP) is 0.0645. The van der Waals surface area contributed by atoms with E-state index in [0.717, 1.165) is 12.8 Å². The van der Waals surface area contributed by atoms with E-state index >= 15 is 0 Å². The summed E-state index contributed by atoms with van der Waals surface area (Å²) in [6, 6.07) is 0.310. The summed E-state index contributed by atoms with van der Waals surface area (Å²) < 4.78 is 0. The highest BCUT2D eigenvalue weighted by atomic mass is 14.7. The molecule has 0 aromatic carbocycles. The summed E-state index contributed by atoms with van der Waals surface area (Å²) in [5.41, 5.74) is 5.40. The van der Waals surface area contributed by atoms with Crippen LogP contribution in [0.2, 0.25) is 5.82 Å². The van der Waals surface area contributed by atoms with Crippen LogP contribution in [0, 0.1) is 0 Å². The van der Waals surface area contributed by atoms with Crippen LogP contribution in [0.3, 0.4) is 0 Å². The quantitative estimate of drug-likeness (QED) is 0.410. The summed E-state index contributed by atoms with van der Waals surface area (Å²) in [6.45, 7) is 0. The van der Waals surface area contributed by atoms with Crippen molar-refractivity contribution in [1.29, 1.82) is 0 Å². The van der Waals surface area contributed by atoms with Gasteiger partial charge in [0.25, 0.3) is 0 Å². The highest BCUT2D eigenvalue weighted by molar-refractivity contribution is 6.12. The van der Waals surface area contributed by atoms with Crippen LogP contribution in [0.1, 0.15) is 12.8 Å². The molecule has 2 unspecified atom stereocenters. The molecule has 0 aliphatic heterocycles. The third-order valence-corrected chi connectivity index (χ3v) is 1.38. The SMILES string of the molecule is [B]C1CCC1N. The zero-order chi connectivity index (χ0) is 4.57. The first-order valence-electron chi connectivity index (χ1n) is 2.32. The molecule has 0 spiro atoms. The lowest BCUT2D eigenvalue weighted by atomic mass is 9.67. The minimum Gasteiger partial charge on any atom is -0.328 e. The van der Waals surface area contributed by atoms with Crippen LogP contribution < -0.4 is 5.73 Å². The van der Waals surface area contributed by atoms with Gasteiger partial charge in [-0.05, 0) is 12.5 Å². The summed E-state index contributed by atoms with van der Waals surface area (Å²) in [5, 5.41) is 0. The van der Waals surface area contributed by atoms with Gasteiger partial charge in [-0.1, -0.05) is 12.2 Å². The van der Waals surface area contributed by atoms with E-state index in [1.54, 1.807) is 0 Å². The Labute approximate surface area is 39.3 Å². The molecule has 2 N–H and O–H groups in total. The van der Waals surface area contributed by atoms with Crippen molar-refractivity contribution in [2.24, 2.45) is 5.73 Å². The summed E-state index contributed by atoms with van der Waals surface area (Å²) >= 11 is 0. The molecule has 1 saturated carbocycles. The Balaban J connectivity index is 2.20. The molecule has 0 heterocycles. The van der Waals surface area contributed by atoms with Crippen LogP contribution in [0.15, 0.2) is 0 Å². The van der Waals surface area contributed by atoms with Gasteiger partial charge in [-0.2, -0.15) is 0 Å². The minimum atomic E-state index is 0.310. The van der Waals surface area contributed by atoms with E-state index in [1.165, 1.54) is 0 Å². The van der Waals surface area contributed by atoms with Gasteiger partial charge in [0.05, 0.1) is 7.85 Å². The molecule has 2 radical (unpaired) electrons. The molecule has 0 aromatic rings. The fourth-order valence-electron chi connectivity index (χ4n) is 0.552. The molecule has 2 atom stereocenters. The lowest BCUT2D eigenvalue weighted by molar-refractivity contribution is 0.418. The fraction of sp³-hybridized carbons (Fsp3) is 1.00. The number of rotatable bonds is 0. The maximum absolute atomic E-state index is 5.40. The first-order valence-corrected chi connectivity index (χ1v) is 2.32. The molecular weight excluding hydrogens is 72.9 g/mol. The maximum atomic E-state index is 5.40. The molecule has 0 bridgehead atoms. The summed E-state index contributed by atoms with van der Waals surface area (Å²) in [6.07, 6.45) is 2.25. The molecule has 0 saturated heterocycles. The first kappa shape index (κ1) is 4.19. The highest BCUT2D eigenvalue weighted by Gasteiger charge is 2.20. The van der Waals surface area contributed by atoms with Crippen LogP contribution >= 0.6 is 0 Å². The zero-order valence-electron chi connectivity index (χ0n) is 3.72. The predicted molar refractivity (Wildman–Crippen MR) is 26.7 cm³/mol. The molecule has 1 fully saturated rings. The van der Waals surface area contributed by atoms with Gasteiger partial charge in [-0.25, -0.2) is 0 Å². The van der Waals surface area contributed by atoms with E-state index in [2.05, 4.69) is 0 Å². The van der Waals surface area contributed by atoms with Crippen molar-refractivity contribution in [3.63, 3.8) is 0 Å². The van der Waals surface area contributed by atoms with Gasteiger partial charge in [0.1, 0.15) is 0 Å². The average Bonchev–Trinajstić information content (AvgIpc) is 1.61. The maximum Gasteiger partial charge on any atom is 0.0720 e. The van der Waals surface area contributed by atoms with E-state index < -0.39 is 0 Å². The molecule has 1 nitrogen and oxygen atoms in total. The standard InChI is InChI=1S/C4H8BN/c5-3-1-2-4(3)6/h3-4H,1-2,6H2. The number of nitrogens with two attached hydrogens (primary N) is 1. The molecule has 6 heavy (non-hydrogen) atoms. The van der Waals surface area contributed by atoms with Crippen molar-refractivity contribution in [3.8, 4) is 0 Å². The van der Waals surface area contributed by atoms with Crippen LogP contribution in [0.25, 0.3) is 0 Å². The van der Waals surface area contributed by atoms with E-state index in [-0.39, 0.29) is 0 Å². The van der Waals surface area contributed by atoms with E-state index in [0.29, 0.717) is 11.9 Å². The Morgan fingerprint density at radius 2 is 2.00 bits per heavy atom. The van der Waals surface area contributed by atoms with Gasteiger partial charge in [-0.15, -0.1) is 0 Å². The van der Waals surface area contributed by atoms with Gasteiger partial charge in [0.15, 0.2) is 0 Å². The molecule has 1 aliphatic rings. The molecule has 2 heteroatoms. The summed E-state index contributed by atoms with van der Waals surface area (Å²) in [4.78, 5) is 0. The lowest BCUT2D eigenvalue weighted by Gasteiger charge is -2.30. The van der Waals surface area contributed by atoms with Gasteiger partial charge in [-0.3, -0.25) is 0 Å². The molecule has 0 amide bonds. The largest absolute Gasteiger partial charge is 0.328 e.